The van der Waals surface area contributed by atoms with Crippen molar-refractivity contribution in [3.63, 3.8) is 0 Å². The van der Waals surface area contributed by atoms with E-state index in [1.165, 1.54) is 6.92 Å². The second kappa shape index (κ2) is 6.22. The summed E-state index contributed by atoms with van der Waals surface area (Å²) < 4.78 is 12.9. The number of imide groups is 1. The van der Waals surface area contributed by atoms with Crippen LogP contribution in [0.2, 0.25) is 10.0 Å². The van der Waals surface area contributed by atoms with E-state index in [9.17, 15) is 14.0 Å². The highest BCUT2D eigenvalue weighted by Crippen LogP contribution is 2.31. The van der Waals surface area contributed by atoms with E-state index in [1.54, 1.807) is 0 Å². The Balaban J connectivity index is 2.80. The van der Waals surface area contributed by atoms with Crippen molar-refractivity contribution in [1.29, 1.82) is 0 Å². The van der Waals surface area contributed by atoms with Gasteiger partial charge in [0.2, 0.25) is 5.91 Å². The van der Waals surface area contributed by atoms with Gasteiger partial charge in [0.25, 0.3) is 0 Å². The molecule has 2 N–H and O–H groups in total. The average molecular weight is 314 g/mol. The second-order valence-electron chi connectivity index (χ2n) is 3.30. The number of carbonyl (C=O) groups is 2. The summed E-state index contributed by atoms with van der Waals surface area (Å²) in [6.45, 7) is 1.40. The average Bonchev–Trinajstić information content (AvgIpc) is 2.23. The van der Waals surface area contributed by atoms with Gasteiger partial charge in [-0.25, -0.2) is 9.18 Å². The lowest BCUT2D eigenvalue weighted by molar-refractivity contribution is -0.119. The third-order valence-corrected chi connectivity index (χ3v) is 2.64. The summed E-state index contributed by atoms with van der Waals surface area (Å²) >= 11 is 16.9. The molecule has 0 aliphatic carbocycles. The van der Waals surface area contributed by atoms with Crippen molar-refractivity contribution in [1.82, 2.24) is 5.32 Å². The van der Waals surface area contributed by atoms with E-state index in [2.05, 4.69) is 5.32 Å². The van der Waals surface area contributed by atoms with E-state index in [0.717, 1.165) is 12.1 Å². The molecule has 18 heavy (non-hydrogen) atoms. The molecule has 0 fully saturated rings. The van der Waals surface area contributed by atoms with Crippen LogP contribution in [0.25, 0.3) is 0 Å². The Kier molecular flexibility index (Phi) is 5.19. The van der Waals surface area contributed by atoms with Gasteiger partial charge < -0.3 is 5.32 Å². The second-order valence-corrected chi connectivity index (χ2v) is 4.77. The van der Waals surface area contributed by atoms with Gasteiger partial charge in [0.15, 0.2) is 0 Å². The van der Waals surface area contributed by atoms with Gasteiger partial charge in [0, 0.05) is 0 Å². The predicted molar refractivity (Wildman–Crippen MR) is 68.9 cm³/mol. The van der Waals surface area contributed by atoms with Crippen LogP contribution in [0.1, 0.15) is 6.92 Å². The third kappa shape index (κ3) is 4.01. The van der Waals surface area contributed by atoms with Crippen molar-refractivity contribution in [3.8, 4) is 0 Å². The quantitative estimate of drug-likeness (QED) is 0.822. The predicted octanol–water partition coefficient (Wildman–Crippen LogP) is 3.41. The van der Waals surface area contributed by atoms with Crippen LogP contribution in [0.3, 0.4) is 0 Å². The van der Waals surface area contributed by atoms with Crippen molar-refractivity contribution in [2.45, 2.75) is 12.3 Å². The molecule has 1 aromatic rings. The lowest BCUT2D eigenvalue weighted by Gasteiger charge is -2.10. The Labute approximate surface area is 117 Å². The topological polar surface area (TPSA) is 58.2 Å². The molecule has 0 aliphatic rings. The first-order chi connectivity index (χ1) is 8.31. The van der Waals surface area contributed by atoms with Gasteiger partial charge in [-0.3, -0.25) is 10.1 Å². The van der Waals surface area contributed by atoms with Crippen LogP contribution in [0.5, 0.6) is 0 Å². The molecule has 0 aromatic heterocycles. The minimum absolute atomic E-state index is 0.00672. The monoisotopic (exact) mass is 312 g/mol. The number of amides is 3. The van der Waals surface area contributed by atoms with Gasteiger partial charge in [-0.2, -0.15) is 0 Å². The van der Waals surface area contributed by atoms with Gasteiger partial charge in [-0.15, -0.1) is 11.6 Å². The van der Waals surface area contributed by atoms with E-state index in [4.69, 9.17) is 34.8 Å². The molecule has 1 rings (SSSR count). The Hall–Kier alpha value is -1.04. The van der Waals surface area contributed by atoms with Crippen LogP contribution in [-0.2, 0) is 4.79 Å². The summed E-state index contributed by atoms with van der Waals surface area (Å²) in [5, 5.41) is 3.17. The van der Waals surface area contributed by atoms with Gasteiger partial charge in [-0.1, -0.05) is 23.2 Å². The number of anilines is 1. The highest BCUT2D eigenvalue weighted by molar-refractivity contribution is 6.40. The Morgan fingerprint density at radius 3 is 2.22 bits per heavy atom. The van der Waals surface area contributed by atoms with Crippen molar-refractivity contribution in [2.24, 2.45) is 0 Å². The number of hydrogen-bond acceptors (Lipinski definition) is 2. The summed E-state index contributed by atoms with van der Waals surface area (Å²) in [4.78, 5) is 22.5. The molecular formula is C10H8Cl3FN2O2. The standard InChI is InChI=1S/C10H8Cl3FN2O2/c1-4(11)9(17)16-10(18)15-8-6(12)2-5(14)3-7(8)13/h2-4H,1H3,(H2,15,16,17,18). The van der Waals surface area contributed by atoms with Gasteiger partial charge in [-0.05, 0) is 19.1 Å². The molecule has 1 unspecified atom stereocenters. The van der Waals surface area contributed by atoms with Gasteiger partial charge in [0.1, 0.15) is 11.2 Å². The Morgan fingerprint density at radius 1 is 1.28 bits per heavy atom. The summed E-state index contributed by atoms with van der Waals surface area (Å²) in [5.41, 5.74) is 0.00672. The fourth-order valence-corrected chi connectivity index (χ4v) is 1.63. The van der Waals surface area contributed by atoms with Gasteiger partial charge >= 0.3 is 6.03 Å². The molecule has 1 atom stereocenters. The number of hydrogen-bond donors (Lipinski definition) is 2. The van der Waals surface area contributed by atoms with Crippen LogP contribution < -0.4 is 10.6 Å². The number of benzene rings is 1. The molecule has 98 valence electrons. The largest absolute Gasteiger partial charge is 0.326 e. The number of nitrogens with one attached hydrogen (secondary N) is 2. The minimum atomic E-state index is -0.866. The molecule has 0 saturated carbocycles. The maximum Gasteiger partial charge on any atom is 0.326 e. The Bertz CT molecular complexity index is 471. The number of alkyl halides is 1. The van der Waals surface area contributed by atoms with Crippen molar-refractivity contribution >= 4 is 52.4 Å². The summed E-state index contributed by atoms with van der Waals surface area (Å²) in [6.07, 6.45) is 0. The summed E-state index contributed by atoms with van der Waals surface area (Å²) in [5.74, 6) is -1.31. The molecule has 8 heteroatoms. The van der Waals surface area contributed by atoms with E-state index >= 15 is 0 Å². The molecular weight excluding hydrogens is 305 g/mol. The first-order valence-corrected chi connectivity index (χ1v) is 5.91. The third-order valence-electron chi connectivity index (χ3n) is 1.84. The molecule has 0 spiro atoms. The van der Waals surface area contributed by atoms with Gasteiger partial charge in [0.05, 0.1) is 15.7 Å². The first kappa shape index (κ1) is 15.0. The van der Waals surface area contributed by atoms with Crippen LogP contribution in [0, 0.1) is 5.82 Å². The van der Waals surface area contributed by atoms with Crippen molar-refractivity contribution < 1.29 is 14.0 Å². The van der Waals surface area contributed by atoms with E-state index in [-0.39, 0.29) is 15.7 Å². The zero-order valence-electron chi connectivity index (χ0n) is 9.06. The van der Waals surface area contributed by atoms with E-state index in [1.807, 2.05) is 5.32 Å². The van der Waals surface area contributed by atoms with Crippen LogP contribution in [0.4, 0.5) is 14.9 Å². The molecule has 0 heterocycles. The lowest BCUT2D eigenvalue weighted by Crippen LogP contribution is -2.38. The lowest BCUT2D eigenvalue weighted by atomic mass is 10.3. The fourth-order valence-electron chi connectivity index (χ4n) is 1.02. The van der Waals surface area contributed by atoms with Crippen LogP contribution >= 0.6 is 34.8 Å². The summed E-state index contributed by atoms with van der Waals surface area (Å²) in [6, 6.07) is 1.10. The molecule has 0 aliphatic heterocycles. The van der Waals surface area contributed by atoms with E-state index < -0.39 is 23.1 Å². The van der Waals surface area contributed by atoms with Crippen LogP contribution in [0.15, 0.2) is 12.1 Å². The number of urea groups is 1. The zero-order valence-corrected chi connectivity index (χ0v) is 11.3. The SMILES string of the molecule is CC(Cl)C(=O)NC(=O)Nc1c(Cl)cc(F)cc1Cl. The highest BCUT2D eigenvalue weighted by atomic mass is 35.5. The first-order valence-electron chi connectivity index (χ1n) is 4.71. The Morgan fingerprint density at radius 2 is 1.78 bits per heavy atom. The highest BCUT2D eigenvalue weighted by Gasteiger charge is 2.16. The number of rotatable bonds is 2. The minimum Gasteiger partial charge on any atom is -0.305 e. The molecule has 0 bridgehead atoms. The fraction of sp³-hybridized carbons (Fsp3) is 0.200. The van der Waals surface area contributed by atoms with Crippen LogP contribution in [-0.4, -0.2) is 17.3 Å². The number of carbonyl (C=O) groups excluding carboxylic acids is 2. The van der Waals surface area contributed by atoms with Crippen molar-refractivity contribution in [2.75, 3.05) is 5.32 Å². The maximum atomic E-state index is 12.9. The molecule has 0 saturated heterocycles. The molecule has 4 nitrogen and oxygen atoms in total. The normalized spacial score (nSPS) is 11.8. The number of halogens is 4. The molecule has 1 aromatic carbocycles. The maximum absolute atomic E-state index is 12.9. The molecule has 0 radical (unpaired) electrons. The van der Waals surface area contributed by atoms with E-state index in [0.29, 0.717) is 0 Å². The zero-order chi connectivity index (χ0) is 13.9. The molecule has 3 amide bonds. The summed E-state index contributed by atoms with van der Waals surface area (Å²) in [7, 11) is 0. The van der Waals surface area contributed by atoms with Crippen molar-refractivity contribution in [3.05, 3.63) is 28.0 Å². The smallest absolute Gasteiger partial charge is 0.305 e.